The van der Waals surface area contributed by atoms with Crippen molar-refractivity contribution in [1.29, 1.82) is 0 Å². The van der Waals surface area contributed by atoms with E-state index in [-0.39, 0.29) is 11.4 Å². The van der Waals surface area contributed by atoms with Crippen LogP contribution in [0.4, 0.5) is 0 Å². The van der Waals surface area contributed by atoms with Crippen LogP contribution in [0.5, 0.6) is 0 Å². The fraction of sp³-hybridized carbons (Fsp3) is 0.625. The van der Waals surface area contributed by atoms with E-state index < -0.39 is 0 Å². The first-order valence-corrected chi connectivity index (χ1v) is 3.78. The highest BCUT2D eigenvalue weighted by Gasteiger charge is 2.65. The topological polar surface area (TPSA) is 26.3 Å². The first-order valence-electron chi connectivity index (χ1n) is 3.78. The third-order valence-electron chi connectivity index (χ3n) is 2.59. The molecule has 0 N–H and O–H groups in total. The quantitative estimate of drug-likeness (QED) is 0.470. The van der Waals surface area contributed by atoms with E-state index in [1.165, 1.54) is 18.4 Å². The zero-order chi connectivity index (χ0) is 6.77. The van der Waals surface area contributed by atoms with Gasteiger partial charge in [-0.15, -0.1) is 0 Å². The molecule has 0 aromatic heterocycles. The van der Waals surface area contributed by atoms with Crippen molar-refractivity contribution >= 4 is 5.97 Å². The summed E-state index contributed by atoms with van der Waals surface area (Å²) in [5.41, 5.74) is 1.35. The molecule has 0 radical (unpaired) electrons. The first-order chi connectivity index (χ1) is 4.83. The molecule has 10 heavy (non-hydrogen) atoms. The SMILES string of the molecule is O=C1OC(=C2CC2)C12CC2. The van der Waals surface area contributed by atoms with Gasteiger partial charge in [-0.1, -0.05) is 0 Å². The number of esters is 1. The number of carbonyl (C=O) groups excluding carboxylic acids is 1. The second-order valence-electron chi connectivity index (χ2n) is 3.40. The monoisotopic (exact) mass is 136 g/mol. The summed E-state index contributed by atoms with van der Waals surface area (Å²) in [5, 5.41) is 0. The van der Waals surface area contributed by atoms with Gasteiger partial charge in [0.2, 0.25) is 0 Å². The van der Waals surface area contributed by atoms with Gasteiger partial charge >= 0.3 is 5.97 Å². The molecule has 1 heterocycles. The van der Waals surface area contributed by atoms with Gasteiger partial charge in [-0.2, -0.15) is 0 Å². The van der Waals surface area contributed by atoms with E-state index in [0.29, 0.717) is 0 Å². The number of cyclic esters (lactones) is 1. The molecule has 1 spiro atoms. The molecule has 0 aromatic carbocycles. The standard InChI is InChI=1S/C8H8O2/c9-7-8(3-4-8)6(10-7)5-1-2-5/h1-4H2. The van der Waals surface area contributed by atoms with E-state index in [1.54, 1.807) is 0 Å². The summed E-state index contributed by atoms with van der Waals surface area (Å²) in [6, 6.07) is 0. The second kappa shape index (κ2) is 1.16. The van der Waals surface area contributed by atoms with Gasteiger partial charge in [0.25, 0.3) is 0 Å². The number of hydrogen-bond acceptors (Lipinski definition) is 2. The molecule has 0 bridgehead atoms. The number of ether oxygens (including phenoxy) is 1. The lowest BCUT2D eigenvalue weighted by atomic mass is 9.98. The van der Waals surface area contributed by atoms with Gasteiger partial charge < -0.3 is 4.74 Å². The maximum atomic E-state index is 10.9. The highest BCUT2D eigenvalue weighted by molar-refractivity contribution is 5.91. The molecule has 2 saturated carbocycles. The van der Waals surface area contributed by atoms with Crippen molar-refractivity contribution in [3.63, 3.8) is 0 Å². The lowest BCUT2D eigenvalue weighted by Gasteiger charge is -2.27. The third-order valence-corrected chi connectivity index (χ3v) is 2.59. The Morgan fingerprint density at radius 3 is 2.40 bits per heavy atom. The zero-order valence-electron chi connectivity index (χ0n) is 5.64. The van der Waals surface area contributed by atoms with Crippen molar-refractivity contribution in [1.82, 2.24) is 0 Å². The summed E-state index contributed by atoms with van der Waals surface area (Å²) in [6.07, 6.45) is 4.43. The van der Waals surface area contributed by atoms with Crippen molar-refractivity contribution in [2.24, 2.45) is 5.41 Å². The number of rotatable bonds is 0. The lowest BCUT2D eigenvalue weighted by Crippen LogP contribution is -2.34. The Kier molecular flexibility index (Phi) is 0.571. The molecule has 2 heteroatoms. The van der Waals surface area contributed by atoms with Crippen LogP contribution < -0.4 is 0 Å². The molecule has 0 aromatic rings. The fourth-order valence-corrected chi connectivity index (χ4v) is 1.59. The Morgan fingerprint density at radius 2 is 2.00 bits per heavy atom. The van der Waals surface area contributed by atoms with Gasteiger partial charge in [0.1, 0.15) is 11.2 Å². The molecule has 0 amide bonds. The lowest BCUT2D eigenvalue weighted by molar-refractivity contribution is -0.159. The maximum Gasteiger partial charge on any atom is 0.324 e. The molecule has 3 fully saturated rings. The summed E-state index contributed by atoms with van der Waals surface area (Å²) in [7, 11) is 0. The van der Waals surface area contributed by atoms with E-state index in [1.807, 2.05) is 0 Å². The minimum atomic E-state index is -0.0498. The smallest absolute Gasteiger partial charge is 0.324 e. The van der Waals surface area contributed by atoms with Crippen LogP contribution in [0, 0.1) is 5.41 Å². The first kappa shape index (κ1) is 4.94. The molecule has 1 saturated heterocycles. The van der Waals surface area contributed by atoms with Crippen LogP contribution in [0.1, 0.15) is 25.7 Å². The van der Waals surface area contributed by atoms with E-state index in [2.05, 4.69) is 0 Å². The van der Waals surface area contributed by atoms with E-state index in [4.69, 9.17) is 4.74 Å². The molecule has 1 aliphatic heterocycles. The predicted molar refractivity (Wildman–Crippen MR) is 34.0 cm³/mol. The van der Waals surface area contributed by atoms with Crippen LogP contribution in [-0.2, 0) is 9.53 Å². The Bertz CT molecular complexity index is 252. The minimum Gasteiger partial charge on any atom is -0.429 e. The van der Waals surface area contributed by atoms with E-state index in [0.717, 1.165) is 18.6 Å². The van der Waals surface area contributed by atoms with Crippen molar-refractivity contribution < 1.29 is 9.53 Å². The summed E-state index contributed by atoms with van der Waals surface area (Å²) >= 11 is 0. The van der Waals surface area contributed by atoms with E-state index in [9.17, 15) is 4.79 Å². The normalized spacial score (nSPS) is 31.8. The second-order valence-corrected chi connectivity index (χ2v) is 3.40. The summed E-state index contributed by atoms with van der Waals surface area (Å²) in [6.45, 7) is 0. The highest BCUT2D eigenvalue weighted by Crippen LogP contribution is 2.63. The fourth-order valence-electron chi connectivity index (χ4n) is 1.59. The summed E-state index contributed by atoms with van der Waals surface area (Å²) < 4.78 is 4.98. The molecule has 2 nitrogen and oxygen atoms in total. The van der Waals surface area contributed by atoms with Crippen LogP contribution in [0.15, 0.2) is 11.3 Å². The zero-order valence-corrected chi connectivity index (χ0v) is 5.64. The van der Waals surface area contributed by atoms with Gasteiger partial charge in [-0.3, -0.25) is 4.79 Å². The number of allylic oxidation sites excluding steroid dienone is 1. The summed E-state index contributed by atoms with van der Waals surface area (Å²) in [4.78, 5) is 10.9. The van der Waals surface area contributed by atoms with Crippen LogP contribution in [0.25, 0.3) is 0 Å². The van der Waals surface area contributed by atoms with Crippen LogP contribution in [0.2, 0.25) is 0 Å². The average Bonchev–Trinajstić information content (AvgIpc) is 2.74. The van der Waals surface area contributed by atoms with Crippen LogP contribution >= 0.6 is 0 Å². The number of hydrogen-bond donors (Lipinski definition) is 0. The van der Waals surface area contributed by atoms with Gasteiger partial charge in [0.15, 0.2) is 0 Å². The van der Waals surface area contributed by atoms with Crippen LogP contribution in [-0.4, -0.2) is 5.97 Å². The Hall–Kier alpha value is -0.790. The van der Waals surface area contributed by atoms with E-state index >= 15 is 0 Å². The molecule has 2 aliphatic carbocycles. The Labute approximate surface area is 58.9 Å². The van der Waals surface area contributed by atoms with Crippen molar-refractivity contribution in [2.75, 3.05) is 0 Å². The van der Waals surface area contributed by atoms with Crippen molar-refractivity contribution in [3.8, 4) is 0 Å². The van der Waals surface area contributed by atoms with Gasteiger partial charge in [0, 0.05) is 0 Å². The molecular weight excluding hydrogens is 128 g/mol. The Balaban J connectivity index is 2.05. The molecule has 0 atom stereocenters. The minimum absolute atomic E-state index is 0.0295. The third kappa shape index (κ3) is 0.376. The molecular formula is C8H8O2. The van der Waals surface area contributed by atoms with Gasteiger partial charge in [-0.25, -0.2) is 0 Å². The number of carbonyl (C=O) groups is 1. The van der Waals surface area contributed by atoms with Gasteiger partial charge in [0.05, 0.1) is 0 Å². The van der Waals surface area contributed by atoms with Gasteiger partial charge in [-0.05, 0) is 31.3 Å². The molecule has 3 rings (SSSR count). The van der Waals surface area contributed by atoms with Crippen molar-refractivity contribution in [3.05, 3.63) is 11.3 Å². The highest BCUT2D eigenvalue weighted by atomic mass is 16.6. The maximum absolute atomic E-state index is 10.9. The predicted octanol–water partition coefficient (Wildman–Crippen LogP) is 1.37. The molecule has 3 aliphatic rings. The Morgan fingerprint density at radius 1 is 1.30 bits per heavy atom. The van der Waals surface area contributed by atoms with Crippen molar-refractivity contribution in [2.45, 2.75) is 25.7 Å². The average molecular weight is 136 g/mol. The summed E-state index contributed by atoms with van der Waals surface area (Å²) in [5.74, 6) is 1.08. The molecule has 0 unspecified atom stereocenters. The molecule has 52 valence electrons. The van der Waals surface area contributed by atoms with Crippen LogP contribution in [0.3, 0.4) is 0 Å². The largest absolute Gasteiger partial charge is 0.429 e.